The number of methoxy groups -OCH3 is 1. The summed E-state index contributed by atoms with van der Waals surface area (Å²) in [6.45, 7) is 3.50. The van der Waals surface area contributed by atoms with E-state index in [2.05, 4.69) is 0 Å². The molecule has 0 radical (unpaired) electrons. The zero-order valence-electron chi connectivity index (χ0n) is 15.1. The summed E-state index contributed by atoms with van der Waals surface area (Å²) in [5.74, 6) is 1.01. The van der Waals surface area contributed by atoms with Crippen LogP contribution in [0, 0.1) is 11.3 Å². The van der Waals surface area contributed by atoms with Gasteiger partial charge in [-0.25, -0.2) is 0 Å². The first kappa shape index (κ1) is 16.2. The Morgan fingerprint density at radius 2 is 2.23 bits per heavy atom. The summed E-state index contributed by atoms with van der Waals surface area (Å²) in [4.78, 5) is 20.3. The number of hydrogen-bond donors (Lipinski definition) is 0. The second-order valence-corrected chi connectivity index (χ2v) is 8.08. The number of nitrogens with zero attached hydrogens (tertiary/aromatic N) is 2. The third-order valence-corrected chi connectivity index (χ3v) is 6.20. The number of amides is 1. The molecule has 5 heteroatoms. The molecule has 5 rings (SSSR count). The lowest BCUT2D eigenvalue weighted by atomic mass is 9.82. The Kier molecular flexibility index (Phi) is 3.76. The van der Waals surface area contributed by atoms with E-state index in [0.29, 0.717) is 31.6 Å². The monoisotopic (exact) mass is 352 g/mol. The predicted molar refractivity (Wildman–Crippen MR) is 98.2 cm³/mol. The van der Waals surface area contributed by atoms with Gasteiger partial charge in [0.2, 0.25) is 0 Å². The number of carbonyl (C=O) groups excluding carboxylic acids is 1. The maximum atomic E-state index is 13.5. The fourth-order valence-corrected chi connectivity index (χ4v) is 4.61. The van der Waals surface area contributed by atoms with Gasteiger partial charge in [-0.1, -0.05) is 18.2 Å². The number of benzene rings is 1. The summed E-state index contributed by atoms with van der Waals surface area (Å²) in [6, 6.07) is 10.0. The highest BCUT2D eigenvalue weighted by Gasteiger charge is 2.52. The highest BCUT2D eigenvalue weighted by Crippen LogP contribution is 2.43. The Bertz CT molecular complexity index is 863. The van der Waals surface area contributed by atoms with Crippen LogP contribution in [0.25, 0.3) is 10.9 Å². The largest absolute Gasteiger partial charge is 0.384 e. The molecule has 1 aromatic heterocycles. The minimum Gasteiger partial charge on any atom is -0.384 e. The quantitative estimate of drug-likeness (QED) is 0.849. The van der Waals surface area contributed by atoms with E-state index in [-0.39, 0.29) is 11.3 Å². The number of fused-ring (bicyclic) bond motifs is 2. The van der Waals surface area contributed by atoms with Gasteiger partial charge in [-0.2, -0.15) is 0 Å². The molecule has 2 aromatic rings. The Morgan fingerprint density at radius 3 is 3.04 bits per heavy atom. The zero-order chi connectivity index (χ0) is 17.7. The number of pyridine rings is 1. The van der Waals surface area contributed by atoms with E-state index in [9.17, 15) is 4.79 Å². The summed E-state index contributed by atoms with van der Waals surface area (Å²) in [6.07, 6.45) is 2.36. The molecule has 0 unspecified atom stereocenters. The van der Waals surface area contributed by atoms with E-state index in [1.165, 1.54) is 12.8 Å². The van der Waals surface area contributed by atoms with Gasteiger partial charge in [-0.05, 0) is 25.0 Å². The summed E-state index contributed by atoms with van der Waals surface area (Å²) < 4.78 is 11.2. The molecule has 0 bridgehead atoms. The Labute approximate surface area is 153 Å². The number of aromatic nitrogens is 1. The topological polar surface area (TPSA) is 51.7 Å². The van der Waals surface area contributed by atoms with Crippen molar-refractivity contribution < 1.29 is 14.3 Å². The van der Waals surface area contributed by atoms with Crippen LogP contribution in [0.1, 0.15) is 34.8 Å². The van der Waals surface area contributed by atoms with Crippen molar-refractivity contribution in [2.45, 2.75) is 18.8 Å². The van der Waals surface area contributed by atoms with Crippen LogP contribution in [0.2, 0.25) is 0 Å². The minimum atomic E-state index is -0.0490. The van der Waals surface area contributed by atoms with Gasteiger partial charge in [-0.15, -0.1) is 0 Å². The summed E-state index contributed by atoms with van der Waals surface area (Å²) in [7, 11) is 1.73. The van der Waals surface area contributed by atoms with Gasteiger partial charge < -0.3 is 14.4 Å². The molecule has 5 nitrogen and oxygen atoms in total. The average molecular weight is 352 g/mol. The van der Waals surface area contributed by atoms with Gasteiger partial charge in [0, 0.05) is 48.5 Å². The number of likely N-dealkylation sites (tertiary alicyclic amines) is 1. The standard InChI is InChI=1S/C21H24N2O3/c1-25-12-21-11-23(9-15(21)10-26-13-21)20(24)17-8-19(14-6-7-14)22-18-5-3-2-4-16(17)18/h2-5,8,14-15H,6-7,9-13H2,1H3/t15-,21-/m0/s1. The molecule has 0 N–H and O–H groups in total. The SMILES string of the molecule is COC[C@@]12COC[C@@H]1CN(C(=O)c1cc(C3CC3)nc3ccccc13)C2. The molecule has 1 saturated carbocycles. The first-order valence-electron chi connectivity index (χ1n) is 9.46. The Morgan fingerprint density at radius 1 is 1.38 bits per heavy atom. The number of para-hydroxylation sites is 1. The smallest absolute Gasteiger partial charge is 0.254 e. The Hall–Kier alpha value is -1.98. The molecule has 2 atom stereocenters. The lowest BCUT2D eigenvalue weighted by molar-refractivity contribution is 0.0489. The van der Waals surface area contributed by atoms with Gasteiger partial charge >= 0.3 is 0 Å². The number of carbonyl (C=O) groups is 1. The van der Waals surface area contributed by atoms with Crippen LogP contribution in [0.4, 0.5) is 0 Å². The van der Waals surface area contributed by atoms with Gasteiger partial charge in [0.1, 0.15) is 0 Å². The van der Waals surface area contributed by atoms with Crippen molar-refractivity contribution in [2.75, 3.05) is 40.0 Å². The van der Waals surface area contributed by atoms with E-state index in [4.69, 9.17) is 14.5 Å². The van der Waals surface area contributed by atoms with Crippen molar-refractivity contribution in [3.63, 3.8) is 0 Å². The highest BCUT2D eigenvalue weighted by atomic mass is 16.5. The number of rotatable bonds is 4. The summed E-state index contributed by atoms with van der Waals surface area (Å²) in [5.41, 5.74) is 2.74. The number of hydrogen-bond acceptors (Lipinski definition) is 4. The molecule has 3 heterocycles. The van der Waals surface area contributed by atoms with E-state index in [0.717, 1.165) is 35.3 Å². The predicted octanol–water partition coefficient (Wildman–Crippen LogP) is 2.85. The van der Waals surface area contributed by atoms with E-state index in [1.807, 2.05) is 35.2 Å². The molecular formula is C21H24N2O3. The second-order valence-electron chi connectivity index (χ2n) is 8.08. The molecule has 1 aromatic carbocycles. The summed E-state index contributed by atoms with van der Waals surface area (Å²) >= 11 is 0. The molecule has 3 fully saturated rings. The average Bonchev–Trinajstić information content (AvgIpc) is 3.34. The third-order valence-electron chi connectivity index (χ3n) is 6.20. The molecule has 26 heavy (non-hydrogen) atoms. The van der Waals surface area contributed by atoms with Crippen LogP contribution in [-0.2, 0) is 9.47 Å². The minimum absolute atomic E-state index is 0.0490. The van der Waals surface area contributed by atoms with Crippen molar-refractivity contribution in [1.29, 1.82) is 0 Å². The van der Waals surface area contributed by atoms with Gasteiger partial charge in [0.15, 0.2) is 0 Å². The van der Waals surface area contributed by atoms with Gasteiger partial charge in [0.25, 0.3) is 5.91 Å². The van der Waals surface area contributed by atoms with E-state index < -0.39 is 0 Å². The zero-order valence-corrected chi connectivity index (χ0v) is 15.1. The van der Waals surface area contributed by atoms with Crippen LogP contribution >= 0.6 is 0 Å². The van der Waals surface area contributed by atoms with E-state index >= 15 is 0 Å². The van der Waals surface area contributed by atoms with Crippen molar-refractivity contribution in [1.82, 2.24) is 9.88 Å². The van der Waals surface area contributed by atoms with Gasteiger partial charge in [0.05, 0.1) is 30.9 Å². The molecule has 1 amide bonds. The molecule has 0 spiro atoms. The first-order valence-corrected chi connectivity index (χ1v) is 9.46. The molecule has 1 aliphatic carbocycles. The van der Waals surface area contributed by atoms with Crippen molar-refractivity contribution >= 4 is 16.8 Å². The van der Waals surface area contributed by atoms with Crippen molar-refractivity contribution in [2.24, 2.45) is 11.3 Å². The highest BCUT2D eigenvalue weighted by molar-refractivity contribution is 6.06. The molecule has 2 aliphatic heterocycles. The van der Waals surface area contributed by atoms with Crippen LogP contribution in [0.15, 0.2) is 30.3 Å². The van der Waals surface area contributed by atoms with Crippen LogP contribution < -0.4 is 0 Å². The third kappa shape index (κ3) is 2.53. The van der Waals surface area contributed by atoms with Gasteiger partial charge in [-0.3, -0.25) is 9.78 Å². The molecule has 2 saturated heterocycles. The van der Waals surface area contributed by atoms with Crippen LogP contribution in [0.3, 0.4) is 0 Å². The maximum absolute atomic E-state index is 13.5. The molecular weight excluding hydrogens is 328 g/mol. The van der Waals surface area contributed by atoms with Crippen molar-refractivity contribution in [3.8, 4) is 0 Å². The number of ether oxygens (including phenoxy) is 2. The van der Waals surface area contributed by atoms with E-state index in [1.54, 1.807) is 7.11 Å². The summed E-state index contributed by atoms with van der Waals surface area (Å²) in [5, 5.41) is 0.955. The molecule has 3 aliphatic rings. The van der Waals surface area contributed by atoms with Crippen LogP contribution in [0.5, 0.6) is 0 Å². The fourth-order valence-electron chi connectivity index (χ4n) is 4.61. The maximum Gasteiger partial charge on any atom is 0.254 e. The van der Waals surface area contributed by atoms with Crippen molar-refractivity contribution in [3.05, 3.63) is 41.6 Å². The fraction of sp³-hybridized carbons (Fsp3) is 0.524. The molecule has 136 valence electrons. The Balaban J connectivity index is 1.51. The normalized spacial score (nSPS) is 27.9. The second kappa shape index (κ2) is 6.03. The lowest BCUT2D eigenvalue weighted by Crippen LogP contribution is -2.37. The first-order chi connectivity index (χ1) is 12.7. The van der Waals surface area contributed by atoms with Crippen LogP contribution in [-0.4, -0.2) is 55.8 Å². The lowest BCUT2D eigenvalue weighted by Gasteiger charge is -2.26.